The Labute approximate surface area is 112 Å². The van der Waals surface area contributed by atoms with Crippen molar-refractivity contribution in [3.8, 4) is 11.5 Å². The van der Waals surface area contributed by atoms with Crippen LogP contribution in [0.25, 0.3) is 0 Å². The third-order valence-electron chi connectivity index (χ3n) is 2.86. The molecule has 0 bridgehead atoms. The van der Waals surface area contributed by atoms with Crippen molar-refractivity contribution in [2.24, 2.45) is 0 Å². The number of carboxylic acids is 1. The molecule has 0 unspecified atom stereocenters. The Hall–Kier alpha value is -2.29. The second kappa shape index (κ2) is 5.14. The first-order valence-electron chi connectivity index (χ1n) is 6.06. The Morgan fingerprint density at radius 1 is 1.05 bits per heavy atom. The molecule has 0 saturated heterocycles. The van der Waals surface area contributed by atoms with Crippen LogP contribution >= 0.6 is 0 Å². The van der Waals surface area contributed by atoms with Crippen LogP contribution < -0.4 is 4.74 Å². The first-order chi connectivity index (χ1) is 8.97. The van der Waals surface area contributed by atoms with Gasteiger partial charge in [-0.1, -0.05) is 18.2 Å². The molecule has 0 aliphatic heterocycles. The van der Waals surface area contributed by atoms with Crippen molar-refractivity contribution < 1.29 is 14.6 Å². The minimum Gasteiger partial charge on any atom is -0.478 e. The molecule has 0 fully saturated rings. The van der Waals surface area contributed by atoms with E-state index >= 15 is 0 Å². The highest BCUT2D eigenvalue weighted by atomic mass is 16.5. The molecule has 0 aliphatic rings. The second-order valence-corrected chi connectivity index (χ2v) is 4.68. The van der Waals surface area contributed by atoms with Gasteiger partial charge in [0.25, 0.3) is 0 Å². The summed E-state index contributed by atoms with van der Waals surface area (Å²) in [7, 11) is 0. The van der Waals surface area contributed by atoms with Crippen LogP contribution in [-0.2, 0) is 0 Å². The molecule has 3 nitrogen and oxygen atoms in total. The number of hydrogen-bond acceptors (Lipinski definition) is 2. The molecule has 1 N–H and O–H groups in total. The number of ether oxygens (including phenoxy) is 1. The summed E-state index contributed by atoms with van der Waals surface area (Å²) in [5.41, 5.74) is 3.15. The van der Waals surface area contributed by atoms with Crippen molar-refractivity contribution in [2.45, 2.75) is 20.8 Å². The topological polar surface area (TPSA) is 46.5 Å². The number of rotatable bonds is 3. The van der Waals surface area contributed by atoms with Gasteiger partial charge in [-0.15, -0.1) is 0 Å². The zero-order valence-corrected chi connectivity index (χ0v) is 11.2. The number of aryl methyl sites for hydroxylation is 3. The monoisotopic (exact) mass is 256 g/mol. The molecule has 0 spiro atoms. The molecule has 0 aliphatic carbocycles. The number of benzene rings is 2. The van der Waals surface area contributed by atoms with Crippen LogP contribution in [0, 0.1) is 20.8 Å². The molecule has 0 atom stereocenters. The van der Waals surface area contributed by atoms with Crippen LogP contribution in [-0.4, -0.2) is 11.1 Å². The lowest BCUT2D eigenvalue weighted by molar-refractivity contribution is 0.0694. The van der Waals surface area contributed by atoms with Gasteiger partial charge in [0.15, 0.2) is 0 Å². The maximum absolute atomic E-state index is 11.2. The van der Waals surface area contributed by atoms with Crippen LogP contribution in [0.4, 0.5) is 0 Å². The zero-order valence-electron chi connectivity index (χ0n) is 11.2. The van der Waals surface area contributed by atoms with E-state index in [0.29, 0.717) is 11.5 Å². The Kier molecular flexibility index (Phi) is 3.56. The number of carboxylic acid groups (broad SMARTS) is 1. The lowest BCUT2D eigenvalue weighted by Gasteiger charge is -2.12. The zero-order chi connectivity index (χ0) is 14.0. The van der Waals surface area contributed by atoms with Gasteiger partial charge in [0.1, 0.15) is 17.1 Å². The summed E-state index contributed by atoms with van der Waals surface area (Å²) in [6.45, 7) is 5.80. The molecule has 0 aromatic heterocycles. The lowest BCUT2D eigenvalue weighted by Crippen LogP contribution is -2.01. The summed E-state index contributed by atoms with van der Waals surface area (Å²) < 4.78 is 5.78. The third-order valence-corrected chi connectivity index (χ3v) is 2.86. The predicted octanol–water partition coefficient (Wildman–Crippen LogP) is 4.10. The molecule has 98 valence electrons. The summed E-state index contributed by atoms with van der Waals surface area (Å²) >= 11 is 0. The molecule has 2 aromatic carbocycles. The van der Waals surface area contributed by atoms with Crippen LogP contribution in [0.2, 0.25) is 0 Å². The maximum Gasteiger partial charge on any atom is 0.339 e. The Morgan fingerprint density at radius 3 is 2.26 bits per heavy atom. The van der Waals surface area contributed by atoms with E-state index in [-0.39, 0.29) is 5.56 Å². The largest absolute Gasteiger partial charge is 0.478 e. The molecular weight excluding hydrogens is 240 g/mol. The van der Waals surface area contributed by atoms with Crippen molar-refractivity contribution in [2.75, 3.05) is 0 Å². The summed E-state index contributed by atoms with van der Waals surface area (Å²) in [4.78, 5) is 11.2. The van der Waals surface area contributed by atoms with Gasteiger partial charge in [0.2, 0.25) is 0 Å². The summed E-state index contributed by atoms with van der Waals surface area (Å²) in [5, 5.41) is 9.20. The predicted molar refractivity (Wildman–Crippen MR) is 74.1 cm³/mol. The number of carbonyl (C=O) groups is 1. The first-order valence-corrected chi connectivity index (χ1v) is 6.06. The Bertz CT molecular complexity index is 610. The Morgan fingerprint density at radius 2 is 1.68 bits per heavy atom. The minimum atomic E-state index is -0.983. The van der Waals surface area contributed by atoms with E-state index in [1.807, 2.05) is 45.0 Å². The maximum atomic E-state index is 11.2. The Balaban J connectivity index is 2.45. The van der Waals surface area contributed by atoms with Crippen molar-refractivity contribution in [1.82, 2.24) is 0 Å². The van der Waals surface area contributed by atoms with Gasteiger partial charge < -0.3 is 9.84 Å². The fourth-order valence-electron chi connectivity index (χ4n) is 2.07. The first kappa shape index (κ1) is 13.1. The van der Waals surface area contributed by atoms with Crippen LogP contribution in [0.3, 0.4) is 0 Å². The van der Waals surface area contributed by atoms with Crippen LogP contribution in [0.5, 0.6) is 11.5 Å². The minimum absolute atomic E-state index is 0.180. The van der Waals surface area contributed by atoms with E-state index < -0.39 is 5.97 Å². The van der Waals surface area contributed by atoms with Gasteiger partial charge in [-0.2, -0.15) is 0 Å². The fraction of sp³-hybridized carbons (Fsp3) is 0.188. The van der Waals surface area contributed by atoms with Gasteiger partial charge in [-0.25, -0.2) is 4.79 Å². The van der Waals surface area contributed by atoms with Crippen LogP contribution in [0.1, 0.15) is 27.0 Å². The number of para-hydroxylation sites is 1. The second-order valence-electron chi connectivity index (χ2n) is 4.68. The van der Waals surface area contributed by atoms with Crippen molar-refractivity contribution >= 4 is 5.97 Å². The van der Waals surface area contributed by atoms with Gasteiger partial charge in [-0.05, 0) is 55.7 Å². The SMILES string of the molecule is Cc1cc(C)cc(Oc2c(C)cccc2C(=O)O)c1. The molecular formula is C16H16O3. The molecule has 3 heteroatoms. The van der Waals surface area contributed by atoms with E-state index in [1.54, 1.807) is 12.1 Å². The smallest absolute Gasteiger partial charge is 0.339 e. The van der Waals surface area contributed by atoms with E-state index in [4.69, 9.17) is 4.74 Å². The number of aromatic carboxylic acids is 1. The summed E-state index contributed by atoms with van der Waals surface area (Å²) in [6, 6.07) is 10.9. The molecule has 0 saturated carbocycles. The lowest BCUT2D eigenvalue weighted by atomic mass is 10.1. The highest BCUT2D eigenvalue weighted by Gasteiger charge is 2.14. The van der Waals surface area contributed by atoms with Gasteiger partial charge in [0.05, 0.1) is 0 Å². The van der Waals surface area contributed by atoms with Crippen molar-refractivity contribution in [3.05, 3.63) is 58.7 Å². The van der Waals surface area contributed by atoms with Crippen molar-refractivity contribution in [1.29, 1.82) is 0 Å². The summed E-state index contributed by atoms with van der Waals surface area (Å²) in [6.07, 6.45) is 0. The number of hydrogen-bond donors (Lipinski definition) is 1. The molecule has 0 heterocycles. The quantitative estimate of drug-likeness (QED) is 0.899. The normalized spacial score (nSPS) is 10.3. The molecule has 2 rings (SSSR count). The van der Waals surface area contributed by atoms with Crippen LogP contribution in [0.15, 0.2) is 36.4 Å². The standard InChI is InChI=1S/C16H16O3/c1-10-7-11(2)9-13(8-10)19-15-12(3)5-4-6-14(15)16(17)18/h4-9H,1-3H3,(H,17,18). The van der Waals surface area contributed by atoms with Crippen molar-refractivity contribution in [3.63, 3.8) is 0 Å². The van der Waals surface area contributed by atoms with Gasteiger partial charge in [-0.3, -0.25) is 0 Å². The van der Waals surface area contributed by atoms with Gasteiger partial charge in [0, 0.05) is 0 Å². The molecule has 19 heavy (non-hydrogen) atoms. The summed E-state index contributed by atoms with van der Waals surface area (Å²) in [5.74, 6) is 0.0809. The third kappa shape index (κ3) is 2.94. The molecule has 0 amide bonds. The average Bonchev–Trinajstić information content (AvgIpc) is 2.30. The molecule has 2 aromatic rings. The van der Waals surface area contributed by atoms with E-state index in [9.17, 15) is 9.90 Å². The van der Waals surface area contributed by atoms with Gasteiger partial charge >= 0.3 is 5.97 Å². The molecule has 0 radical (unpaired) electrons. The average molecular weight is 256 g/mol. The van der Waals surface area contributed by atoms with E-state index in [1.165, 1.54) is 0 Å². The van der Waals surface area contributed by atoms with E-state index in [0.717, 1.165) is 16.7 Å². The highest BCUT2D eigenvalue weighted by Crippen LogP contribution is 2.30. The van der Waals surface area contributed by atoms with E-state index in [2.05, 4.69) is 0 Å². The highest BCUT2D eigenvalue weighted by molar-refractivity contribution is 5.91. The fourth-order valence-corrected chi connectivity index (χ4v) is 2.07.